The molecule has 1 saturated heterocycles. The molecule has 2 aromatic carbocycles. The molecule has 1 unspecified atom stereocenters. The van der Waals surface area contributed by atoms with E-state index in [1.165, 1.54) is 10.5 Å². The van der Waals surface area contributed by atoms with E-state index in [0.717, 1.165) is 31.2 Å². The monoisotopic (exact) mass is 477 g/mol. The molecule has 8 heteroatoms. The Hall–Kier alpha value is -3.68. The van der Waals surface area contributed by atoms with Gasteiger partial charge in [-0.15, -0.1) is 0 Å². The maximum absolute atomic E-state index is 12.8. The van der Waals surface area contributed by atoms with Crippen molar-refractivity contribution in [2.24, 2.45) is 5.92 Å². The summed E-state index contributed by atoms with van der Waals surface area (Å²) in [4.78, 5) is 50.7. The second kappa shape index (κ2) is 11.6. The molecular formula is C27H31N3O5. The van der Waals surface area contributed by atoms with E-state index in [4.69, 9.17) is 4.74 Å². The molecule has 1 heterocycles. The fourth-order valence-electron chi connectivity index (χ4n) is 4.75. The molecule has 2 N–H and O–H groups in total. The average Bonchev–Trinajstić information content (AvgIpc) is 3.18. The molecule has 0 spiro atoms. The van der Waals surface area contributed by atoms with Crippen molar-refractivity contribution in [2.75, 3.05) is 19.6 Å². The van der Waals surface area contributed by atoms with E-state index >= 15 is 0 Å². The van der Waals surface area contributed by atoms with Crippen LogP contribution in [0.15, 0.2) is 60.7 Å². The Morgan fingerprint density at radius 2 is 1.57 bits per heavy atom. The van der Waals surface area contributed by atoms with Gasteiger partial charge in [0.05, 0.1) is 0 Å². The maximum atomic E-state index is 12.8. The summed E-state index contributed by atoms with van der Waals surface area (Å²) in [5.41, 5.74) is 2.19. The molecule has 0 radical (unpaired) electrons. The lowest BCUT2D eigenvalue weighted by atomic mass is 9.81. The van der Waals surface area contributed by atoms with E-state index in [2.05, 4.69) is 22.8 Å². The highest BCUT2D eigenvalue weighted by Gasteiger charge is 2.43. The zero-order chi connectivity index (χ0) is 24.6. The van der Waals surface area contributed by atoms with Crippen molar-refractivity contribution in [2.45, 2.75) is 44.2 Å². The van der Waals surface area contributed by atoms with Crippen LogP contribution in [0.4, 0.5) is 4.79 Å². The highest BCUT2D eigenvalue weighted by atomic mass is 16.5. The smallest absolute Gasteiger partial charge is 0.407 e. The van der Waals surface area contributed by atoms with Crippen LogP contribution < -0.4 is 10.6 Å². The fraction of sp³-hybridized carbons (Fsp3) is 0.407. The third-order valence-corrected chi connectivity index (χ3v) is 6.74. The molecular weight excluding hydrogens is 446 g/mol. The number of alkyl carbamates (subject to hydrolysis) is 1. The largest absolute Gasteiger partial charge is 0.445 e. The molecule has 0 bridgehead atoms. The van der Waals surface area contributed by atoms with Crippen LogP contribution in [-0.4, -0.2) is 54.3 Å². The molecule has 3 amide bonds. The van der Waals surface area contributed by atoms with Gasteiger partial charge in [-0.1, -0.05) is 60.7 Å². The van der Waals surface area contributed by atoms with Gasteiger partial charge in [-0.25, -0.2) is 4.79 Å². The van der Waals surface area contributed by atoms with Crippen LogP contribution in [-0.2, 0) is 25.7 Å². The quantitative estimate of drug-likeness (QED) is 0.449. The molecule has 184 valence electrons. The molecule has 1 atom stereocenters. The molecule has 1 aliphatic carbocycles. The Bertz CT molecular complexity index is 1040. The van der Waals surface area contributed by atoms with E-state index < -0.39 is 23.7 Å². The summed E-state index contributed by atoms with van der Waals surface area (Å²) in [7, 11) is 0. The molecule has 1 saturated carbocycles. The van der Waals surface area contributed by atoms with E-state index in [1.54, 1.807) is 0 Å². The number of benzene rings is 2. The van der Waals surface area contributed by atoms with Crippen LogP contribution >= 0.6 is 0 Å². The number of carbonyl (C=O) groups is 4. The minimum absolute atomic E-state index is 0.0143. The standard InChI is InChI=1S/C27H31N3O5/c31-24-23(25(32)29-22-13-11-21(12-14-22)20-9-5-2-6-10-20)17-30(26(24)33)16-15-28-27(34)35-18-19-7-3-1-4-8-19/h1-10,21-23H,11-18H2,(H,28,34)(H,29,32). The number of carbonyl (C=O) groups excluding carboxylic acids is 4. The number of ether oxygens (including phenoxy) is 1. The van der Waals surface area contributed by atoms with Crippen LogP contribution in [0.25, 0.3) is 0 Å². The first-order valence-electron chi connectivity index (χ1n) is 12.1. The Balaban J connectivity index is 1.18. The number of Topliss-reactive ketones (excluding diaryl/α,β-unsaturated/α-hetero) is 1. The Kier molecular flexibility index (Phi) is 8.13. The first kappa shape index (κ1) is 24.4. The number of ketones is 1. The third-order valence-electron chi connectivity index (χ3n) is 6.74. The second-order valence-corrected chi connectivity index (χ2v) is 9.12. The van der Waals surface area contributed by atoms with Gasteiger partial charge in [0.25, 0.3) is 5.91 Å². The zero-order valence-electron chi connectivity index (χ0n) is 19.7. The average molecular weight is 478 g/mol. The number of hydrogen-bond acceptors (Lipinski definition) is 5. The molecule has 35 heavy (non-hydrogen) atoms. The van der Waals surface area contributed by atoms with E-state index in [1.807, 2.05) is 48.5 Å². The normalized spacial score (nSPS) is 22.1. The number of nitrogens with one attached hydrogen (secondary N) is 2. The summed E-state index contributed by atoms with van der Waals surface area (Å²) in [6, 6.07) is 19.7. The van der Waals surface area contributed by atoms with Gasteiger partial charge in [0, 0.05) is 25.7 Å². The highest BCUT2D eigenvalue weighted by molar-refractivity contribution is 6.42. The van der Waals surface area contributed by atoms with Crippen LogP contribution in [0.3, 0.4) is 0 Å². The highest BCUT2D eigenvalue weighted by Crippen LogP contribution is 2.32. The number of amides is 3. The summed E-state index contributed by atoms with van der Waals surface area (Å²) in [6.45, 7) is 0.439. The van der Waals surface area contributed by atoms with Crippen molar-refractivity contribution in [1.82, 2.24) is 15.5 Å². The van der Waals surface area contributed by atoms with E-state index in [9.17, 15) is 19.2 Å². The number of nitrogens with zero attached hydrogens (tertiary/aromatic N) is 1. The van der Waals surface area contributed by atoms with Gasteiger partial charge < -0.3 is 20.3 Å². The maximum Gasteiger partial charge on any atom is 0.407 e. The molecule has 2 fully saturated rings. The minimum Gasteiger partial charge on any atom is -0.445 e. The summed E-state index contributed by atoms with van der Waals surface area (Å²) in [5.74, 6) is -2.27. The van der Waals surface area contributed by atoms with Crippen molar-refractivity contribution in [3.8, 4) is 0 Å². The van der Waals surface area contributed by atoms with Crippen LogP contribution in [0, 0.1) is 5.92 Å². The van der Waals surface area contributed by atoms with Gasteiger partial charge in [-0.2, -0.15) is 0 Å². The number of hydrogen-bond donors (Lipinski definition) is 2. The van der Waals surface area contributed by atoms with Gasteiger partial charge in [-0.05, 0) is 42.7 Å². The lowest BCUT2D eigenvalue weighted by Gasteiger charge is -2.30. The summed E-state index contributed by atoms with van der Waals surface area (Å²) in [6.07, 6.45) is 3.04. The predicted molar refractivity (Wildman–Crippen MR) is 129 cm³/mol. The van der Waals surface area contributed by atoms with Crippen molar-refractivity contribution in [1.29, 1.82) is 0 Å². The first-order chi connectivity index (χ1) is 17.0. The predicted octanol–water partition coefficient (Wildman–Crippen LogP) is 2.78. The summed E-state index contributed by atoms with van der Waals surface area (Å²) in [5, 5.41) is 5.56. The van der Waals surface area contributed by atoms with Crippen LogP contribution in [0.2, 0.25) is 0 Å². The zero-order valence-corrected chi connectivity index (χ0v) is 19.7. The van der Waals surface area contributed by atoms with Gasteiger partial charge >= 0.3 is 6.09 Å². The topological polar surface area (TPSA) is 105 Å². The third kappa shape index (κ3) is 6.47. The number of likely N-dealkylation sites (tertiary alicyclic amines) is 1. The molecule has 0 aromatic heterocycles. The van der Waals surface area contributed by atoms with Gasteiger partial charge in [0.15, 0.2) is 0 Å². The molecule has 1 aliphatic heterocycles. The van der Waals surface area contributed by atoms with Gasteiger partial charge in [0.1, 0.15) is 12.5 Å². The van der Waals surface area contributed by atoms with Crippen LogP contribution in [0.1, 0.15) is 42.7 Å². The lowest BCUT2D eigenvalue weighted by molar-refractivity contribution is -0.142. The lowest BCUT2D eigenvalue weighted by Crippen LogP contribution is -2.43. The Labute approximate surface area is 205 Å². The van der Waals surface area contributed by atoms with Crippen LogP contribution in [0.5, 0.6) is 0 Å². The second-order valence-electron chi connectivity index (χ2n) is 9.12. The Morgan fingerprint density at radius 1 is 0.914 bits per heavy atom. The molecule has 8 nitrogen and oxygen atoms in total. The SMILES string of the molecule is O=C(NCCN1CC(C(=O)NC2CCC(c3ccccc3)CC2)C(=O)C1=O)OCc1ccccc1. The molecule has 4 rings (SSSR count). The van der Waals surface area contributed by atoms with Gasteiger partial charge in [-0.3, -0.25) is 14.4 Å². The summed E-state index contributed by atoms with van der Waals surface area (Å²) < 4.78 is 5.14. The van der Waals surface area contributed by atoms with Crippen molar-refractivity contribution >= 4 is 23.7 Å². The van der Waals surface area contributed by atoms with E-state index in [0.29, 0.717) is 5.92 Å². The molecule has 2 aliphatic rings. The van der Waals surface area contributed by atoms with Crippen molar-refractivity contribution in [3.63, 3.8) is 0 Å². The first-order valence-corrected chi connectivity index (χ1v) is 12.1. The minimum atomic E-state index is -1.00. The van der Waals surface area contributed by atoms with Gasteiger partial charge in [0.2, 0.25) is 11.7 Å². The Morgan fingerprint density at radius 3 is 2.26 bits per heavy atom. The number of rotatable bonds is 8. The summed E-state index contributed by atoms with van der Waals surface area (Å²) >= 11 is 0. The fourth-order valence-corrected chi connectivity index (χ4v) is 4.75. The molecule has 2 aromatic rings. The van der Waals surface area contributed by atoms with E-state index in [-0.39, 0.29) is 38.2 Å². The van der Waals surface area contributed by atoms with Crippen molar-refractivity contribution in [3.05, 3.63) is 71.8 Å². The van der Waals surface area contributed by atoms with Crippen molar-refractivity contribution < 1.29 is 23.9 Å².